The Kier molecular flexibility index (Phi) is 6.26. The molecule has 3 rings (SSSR count). The monoisotopic (exact) mass is 421 g/mol. The maximum absolute atomic E-state index is 14.2. The summed E-state index contributed by atoms with van der Waals surface area (Å²) in [5, 5.41) is 11.4. The third-order valence-electron chi connectivity index (χ3n) is 4.47. The van der Waals surface area contributed by atoms with Gasteiger partial charge < -0.3 is 25.9 Å². The maximum Gasteiger partial charge on any atom is 0.407 e. The highest BCUT2D eigenvalue weighted by Gasteiger charge is 2.20. The van der Waals surface area contributed by atoms with Gasteiger partial charge in [-0.15, -0.1) is 0 Å². The summed E-state index contributed by atoms with van der Waals surface area (Å²) in [5.41, 5.74) is 6.48. The average molecular weight is 421 g/mol. The molecule has 0 aliphatic heterocycles. The van der Waals surface area contributed by atoms with Crippen LogP contribution in [0, 0.1) is 17.5 Å². The van der Waals surface area contributed by atoms with Gasteiger partial charge in [-0.25, -0.2) is 18.0 Å². The number of amides is 2. The summed E-state index contributed by atoms with van der Waals surface area (Å²) in [6.45, 7) is -0.901. The van der Waals surface area contributed by atoms with E-state index in [1.807, 2.05) is 0 Å². The molecule has 0 saturated carbocycles. The SMILES string of the molecule is NC(=O)[C@H](CO)NC(=O)OCCc1c(-c2ccc(F)cc2)[nH]c2c(F)cc(F)cc12. The summed E-state index contributed by atoms with van der Waals surface area (Å²) in [5.74, 6) is -2.97. The molecule has 0 saturated heterocycles. The molecule has 10 heteroatoms. The minimum atomic E-state index is -1.30. The first-order valence-electron chi connectivity index (χ1n) is 8.89. The van der Waals surface area contributed by atoms with Crippen molar-refractivity contribution in [3.63, 3.8) is 0 Å². The van der Waals surface area contributed by atoms with Crippen LogP contribution in [-0.4, -0.2) is 41.3 Å². The Morgan fingerprint density at radius 2 is 1.83 bits per heavy atom. The third-order valence-corrected chi connectivity index (χ3v) is 4.47. The Balaban J connectivity index is 1.86. The Morgan fingerprint density at radius 3 is 2.47 bits per heavy atom. The Hall–Kier alpha value is -3.53. The molecular weight excluding hydrogens is 403 g/mol. The van der Waals surface area contributed by atoms with Gasteiger partial charge in [0.15, 0.2) is 0 Å². The molecule has 0 spiro atoms. The largest absolute Gasteiger partial charge is 0.449 e. The van der Waals surface area contributed by atoms with Gasteiger partial charge in [-0.05, 0) is 41.5 Å². The van der Waals surface area contributed by atoms with Gasteiger partial charge in [-0.2, -0.15) is 0 Å². The van der Waals surface area contributed by atoms with Gasteiger partial charge in [-0.1, -0.05) is 0 Å². The number of primary amides is 1. The number of carbonyl (C=O) groups is 2. The number of aliphatic hydroxyl groups excluding tert-OH is 1. The van der Waals surface area contributed by atoms with E-state index in [4.69, 9.17) is 15.6 Å². The van der Waals surface area contributed by atoms with Crippen LogP contribution >= 0.6 is 0 Å². The van der Waals surface area contributed by atoms with E-state index in [9.17, 15) is 22.8 Å². The van der Waals surface area contributed by atoms with Crippen molar-refractivity contribution >= 4 is 22.9 Å². The highest BCUT2D eigenvalue weighted by atomic mass is 19.1. The first kappa shape index (κ1) is 21.2. The minimum Gasteiger partial charge on any atom is -0.449 e. The Labute approximate surface area is 168 Å². The molecule has 1 aromatic heterocycles. The smallest absolute Gasteiger partial charge is 0.407 e. The molecule has 5 N–H and O–H groups in total. The van der Waals surface area contributed by atoms with Crippen molar-refractivity contribution in [3.8, 4) is 11.3 Å². The molecule has 0 unspecified atom stereocenters. The summed E-state index contributed by atoms with van der Waals surface area (Å²) in [6.07, 6.45) is -0.933. The van der Waals surface area contributed by atoms with E-state index in [0.717, 1.165) is 12.1 Å². The van der Waals surface area contributed by atoms with Crippen LogP contribution in [0.3, 0.4) is 0 Å². The molecule has 30 heavy (non-hydrogen) atoms. The second-order valence-electron chi connectivity index (χ2n) is 6.46. The van der Waals surface area contributed by atoms with Crippen molar-refractivity contribution in [2.75, 3.05) is 13.2 Å². The highest BCUT2D eigenvalue weighted by Crippen LogP contribution is 2.32. The lowest BCUT2D eigenvalue weighted by Gasteiger charge is -2.13. The van der Waals surface area contributed by atoms with Gasteiger partial charge in [0.05, 0.1) is 18.7 Å². The standard InChI is InChI=1S/C20H18F3N3O4/c21-11-3-1-10(2-4-11)17-13(14-7-12(22)8-15(23)18(14)26-17)5-6-30-20(29)25-16(9-27)19(24)28/h1-4,7-8,16,26-27H,5-6,9H2,(H2,24,28)(H,25,29)/t16-/m0/s1. The van der Waals surface area contributed by atoms with Crippen LogP contribution in [0.25, 0.3) is 22.2 Å². The fourth-order valence-corrected chi connectivity index (χ4v) is 3.03. The zero-order valence-electron chi connectivity index (χ0n) is 15.5. The summed E-state index contributed by atoms with van der Waals surface area (Å²) in [7, 11) is 0. The van der Waals surface area contributed by atoms with Crippen LogP contribution in [-0.2, 0) is 16.0 Å². The predicted octanol–water partition coefficient (Wildman–Crippen LogP) is 2.37. The zero-order chi connectivity index (χ0) is 21.8. The van der Waals surface area contributed by atoms with E-state index >= 15 is 0 Å². The van der Waals surface area contributed by atoms with Gasteiger partial charge in [0.2, 0.25) is 5.91 Å². The van der Waals surface area contributed by atoms with E-state index in [1.54, 1.807) is 0 Å². The number of hydrogen-bond donors (Lipinski definition) is 4. The second kappa shape index (κ2) is 8.87. The molecule has 0 radical (unpaired) electrons. The van der Waals surface area contributed by atoms with Crippen LogP contribution in [0.2, 0.25) is 0 Å². The topological polar surface area (TPSA) is 117 Å². The highest BCUT2D eigenvalue weighted by molar-refractivity contribution is 5.91. The van der Waals surface area contributed by atoms with Gasteiger partial charge >= 0.3 is 6.09 Å². The molecule has 0 aliphatic rings. The number of nitrogens with one attached hydrogen (secondary N) is 2. The molecule has 2 amide bonds. The van der Waals surface area contributed by atoms with Crippen molar-refractivity contribution in [2.24, 2.45) is 5.73 Å². The van der Waals surface area contributed by atoms with Crippen LogP contribution in [0.15, 0.2) is 36.4 Å². The minimum absolute atomic E-state index is 0.0589. The van der Waals surface area contributed by atoms with E-state index in [0.29, 0.717) is 16.8 Å². The van der Waals surface area contributed by atoms with Gasteiger partial charge in [0.1, 0.15) is 23.5 Å². The number of benzene rings is 2. The number of hydrogen-bond acceptors (Lipinski definition) is 4. The normalized spacial score (nSPS) is 12.0. The number of aromatic amines is 1. The second-order valence-corrected chi connectivity index (χ2v) is 6.46. The van der Waals surface area contributed by atoms with E-state index in [-0.39, 0.29) is 23.9 Å². The van der Waals surface area contributed by atoms with E-state index in [2.05, 4.69) is 10.3 Å². The van der Waals surface area contributed by atoms with Crippen molar-refractivity contribution < 1.29 is 32.6 Å². The lowest BCUT2D eigenvalue weighted by molar-refractivity contribution is -0.120. The van der Waals surface area contributed by atoms with Crippen molar-refractivity contribution in [3.05, 3.63) is 59.4 Å². The number of rotatable bonds is 7. The zero-order valence-corrected chi connectivity index (χ0v) is 15.5. The van der Waals surface area contributed by atoms with Crippen LogP contribution < -0.4 is 11.1 Å². The molecule has 0 aliphatic carbocycles. The average Bonchev–Trinajstić information content (AvgIpc) is 3.05. The molecule has 0 fully saturated rings. The number of carbonyl (C=O) groups excluding carboxylic acids is 2. The lowest BCUT2D eigenvalue weighted by atomic mass is 10.0. The summed E-state index contributed by atoms with van der Waals surface area (Å²) >= 11 is 0. The number of aliphatic hydroxyl groups is 1. The molecule has 3 aromatic rings. The lowest BCUT2D eigenvalue weighted by Crippen LogP contribution is -2.47. The van der Waals surface area contributed by atoms with Crippen molar-refractivity contribution in [2.45, 2.75) is 12.5 Å². The van der Waals surface area contributed by atoms with Crippen molar-refractivity contribution in [1.29, 1.82) is 0 Å². The van der Waals surface area contributed by atoms with Crippen molar-refractivity contribution in [1.82, 2.24) is 10.3 Å². The molecule has 1 heterocycles. The van der Waals surface area contributed by atoms with Gasteiger partial charge in [0, 0.05) is 23.6 Å². The van der Waals surface area contributed by atoms with Crippen LogP contribution in [0.4, 0.5) is 18.0 Å². The number of ether oxygens (including phenoxy) is 1. The summed E-state index contributed by atoms with van der Waals surface area (Å²) in [6, 6.07) is 5.98. The number of H-pyrrole nitrogens is 1. The van der Waals surface area contributed by atoms with E-state index in [1.165, 1.54) is 24.3 Å². The molecule has 7 nitrogen and oxygen atoms in total. The predicted molar refractivity (Wildman–Crippen MR) is 102 cm³/mol. The maximum atomic E-state index is 14.2. The van der Waals surface area contributed by atoms with E-state index < -0.39 is 42.1 Å². The number of aromatic nitrogens is 1. The fraction of sp³-hybridized carbons (Fsp3) is 0.200. The summed E-state index contributed by atoms with van der Waals surface area (Å²) < 4.78 is 46.3. The van der Waals surface area contributed by atoms with Crippen LogP contribution in [0.5, 0.6) is 0 Å². The molecule has 0 bridgehead atoms. The number of nitrogens with two attached hydrogens (primary N) is 1. The number of fused-ring (bicyclic) bond motifs is 1. The number of alkyl carbamates (subject to hydrolysis) is 1. The summed E-state index contributed by atoms with van der Waals surface area (Å²) in [4.78, 5) is 25.7. The Bertz CT molecular complexity index is 1080. The third kappa shape index (κ3) is 4.54. The van der Waals surface area contributed by atoms with Gasteiger partial charge in [-0.3, -0.25) is 4.79 Å². The first-order chi connectivity index (χ1) is 14.3. The number of halogens is 3. The van der Waals surface area contributed by atoms with Crippen LogP contribution in [0.1, 0.15) is 5.56 Å². The molecule has 1 atom stereocenters. The molecular formula is C20H18F3N3O4. The quantitative estimate of drug-likeness (QED) is 0.469. The Morgan fingerprint density at radius 1 is 1.13 bits per heavy atom. The fourth-order valence-electron chi connectivity index (χ4n) is 3.03. The first-order valence-corrected chi connectivity index (χ1v) is 8.89. The molecule has 158 valence electrons. The molecule has 2 aromatic carbocycles. The van der Waals surface area contributed by atoms with Gasteiger partial charge in [0.25, 0.3) is 0 Å².